The van der Waals surface area contributed by atoms with Gasteiger partial charge in [0.1, 0.15) is 47.5 Å². The SMILES string of the molecule is CO[C@H]1/C=C/O[C@@]2(C)Oc3c(C)c(=O)c4c(O)c(c5oc6ccc(OCC[N+](C)(C)C(C)(C)C)cc6nc5c4c3C2=O)NC(=O)/C(C)=C\C=C\[C@H](C)[C@H](O)[C@@H](C)[C@@H](C)[C@@H](C)[C@H](OC(C)=O)[C@@H]1C. The lowest BCUT2D eigenvalue weighted by Gasteiger charge is -2.42. The van der Waals surface area contributed by atoms with Crippen LogP contribution in [0.1, 0.15) is 92.1 Å². The van der Waals surface area contributed by atoms with Crippen LogP contribution in [0.25, 0.3) is 33.0 Å². The van der Waals surface area contributed by atoms with E-state index < -0.39 is 58.9 Å². The molecular weight excluding hydrogens is 859 g/mol. The van der Waals surface area contributed by atoms with Gasteiger partial charge in [-0.05, 0) is 70.6 Å². The van der Waals surface area contributed by atoms with Crippen LogP contribution in [0.3, 0.4) is 0 Å². The highest BCUT2D eigenvalue weighted by Crippen LogP contribution is 2.48. The van der Waals surface area contributed by atoms with Gasteiger partial charge < -0.3 is 48.1 Å². The average Bonchev–Trinajstić information content (AvgIpc) is 3.53. The Morgan fingerprint density at radius 1 is 0.985 bits per heavy atom. The van der Waals surface area contributed by atoms with Crippen LogP contribution in [0.2, 0.25) is 0 Å². The Hall–Kier alpha value is -5.77. The summed E-state index contributed by atoms with van der Waals surface area (Å²) in [6.07, 6.45) is 5.76. The number of Topliss-reactive ketones (excluding diaryl/α,β-unsaturated/α-hetero) is 1. The minimum Gasteiger partial charge on any atom is -0.505 e. The second kappa shape index (κ2) is 19.1. The largest absolute Gasteiger partial charge is 0.505 e. The number of benzene rings is 3. The highest BCUT2D eigenvalue weighted by atomic mass is 16.7. The fourth-order valence-corrected chi connectivity index (χ4v) is 8.82. The number of ketones is 1. The van der Waals surface area contributed by atoms with Gasteiger partial charge in [-0.25, -0.2) is 4.98 Å². The van der Waals surface area contributed by atoms with Gasteiger partial charge in [0, 0.05) is 55.4 Å². The molecule has 15 heteroatoms. The Morgan fingerprint density at radius 2 is 1.67 bits per heavy atom. The van der Waals surface area contributed by atoms with Gasteiger partial charge in [0.25, 0.3) is 11.7 Å². The molecule has 0 fully saturated rings. The van der Waals surface area contributed by atoms with Crippen molar-refractivity contribution in [3.05, 3.63) is 75.7 Å². The number of amides is 1. The Balaban J connectivity index is 1.56. The number of carbonyl (C=O) groups excluding carboxylic acids is 3. The van der Waals surface area contributed by atoms with Crippen LogP contribution in [-0.2, 0) is 23.8 Å². The lowest BCUT2D eigenvalue weighted by Crippen LogP contribution is -2.55. The van der Waals surface area contributed by atoms with E-state index in [1.165, 1.54) is 34.1 Å². The van der Waals surface area contributed by atoms with Crippen LogP contribution in [0.4, 0.5) is 5.69 Å². The summed E-state index contributed by atoms with van der Waals surface area (Å²) in [4.78, 5) is 60.8. The molecule has 6 rings (SSSR count). The fraction of sp³-hybridized carbons (Fsp3) is 0.519. The van der Waals surface area contributed by atoms with Gasteiger partial charge in [-0.3, -0.25) is 19.2 Å². The van der Waals surface area contributed by atoms with E-state index in [0.29, 0.717) is 28.9 Å². The predicted octanol–water partition coefficient (Wildman–Crippen LogP) is 8.53. The van der Waals surface area contributed by atoms with Crippen molar-refractivity contribution in [1.29, 1.82) is 0 Å². The number of ether oxygens (including phenoxy) is 5. The quantitative estimate of drug-likeness (QED) is 0.0548. The molecule has 3 heterocycles. The van der Waals surface area contributed by atoms with Gasteiger partial charge >= 0.3 is 11.8 Å². The molecule has 2 aliphatic rings. The number of nitrogens with one attached hydrogen (secondary N) is 1. The van der Waals surface area contributed by atoms with E-state index in [-0.39, 0.29) is 84.8 Å². The Morgan fingerprint density at radius 3 is 2.31 bits per heavy atom. The second-order valence-corrected chi connectivity index (χ2v) is 20.2. The van der Waals surface area contributed by atoms with Crippen LogP contribution < -0.4 is 20.2 Å². The van der Waals surface area contributed by atoms with Crippen molar-refractivity contribution in [3.63, 3.8) is 0 Å². The van der Waals surface area contributed by atoms with Gasteiger partial charge in [-0.1, -0.05) is 52.8 Å². The smallest absolute Gasteiger partial charge is 0.312 e. The lowest BCUT2D eigenvalue weighted by molar-refractivity contribution is -0.935. The molecule has 0 spiro atoms. The maximum absolute atomic E-state index is 14.8. The fourth-order valence-electron chi connectivity index (χ4n) is 8.82. The molecular formula is C52H68N3O12+. The molecule has 67 heavy (non-hydrogen) atoms. The molecule has 3 aromatic carbocycles. The Kier molecular flexibility index (Phi) is 14.4. The number of rotatable bonds is 6. The van der Waals surface area contributed by atoms with E-state index in [9.17, 15) is 29.4 Å². The summed E-state index contributed by atoms with van der Waals surface area (Å²) in [5.41, 5.74) is -0.319. The highest BCUT2D eigenvalue weighted by Gasteiger charge is 2.49. The molecule has 1 aromatic heterocycles. The van der Waals surface area contributed by atoms with Crippen molar-refractivity contribution in [2.45, 2.75) is 113 Å². The van der Waals surface area contributed by atoms with E-state index in [4.69, 9.17) is 33.1 Å². The van der Waals surface area contributed by atoms with Crippen molar-refractivity contribution in [2.24, 2.45) is 29.6 Å². The van der Waals surface area contributed by atoms with Crippen LogP contribution in [0.15, 0.2) is 63.6 Å². The number of fused-ring (bicyclic) bond motifs is 2. The van der Waals surface area contributed by atoms with Crippen molar-refractivity contribution in [1.82, 2.24) is 4.98 Å². The third-order valence-electron chi connectivity index (χ3n) is 14.6. The van der Waals surface area contributed by atoms with Gasteiger partial charge in [0.2, 0.25) is 0 Å². The molecule has 9 atom stereocenters. The number of phenolic OH excluding ortho intramolecular Hbond substituents is 1. The molecule has 0 saturated heterocycles. The van der Waals surface area contributed by atoms with E-state index in [0.717, 1.165) is 0 Å². The topological polar surface area (TPSA) is 193 Å². The molecule has 4 bridgehead atoms. The number of likely N-dealkylation sites (N-methyl/N-ethyl adjacent to an activating group) is 1. The molecule has 362 valence electrons. The molecule has 2 aliphatic heterocycles. The minimum absolute atomic E-state index is 0.00979. The first-order chi connectivity index (χ1) is 31.2. The molecule has 4 aromatic rings. The van der Waals surface area contributed by atoms with Crippen molar-refractivity contribution in [3.8, 4) is 17.2 Å². The minimum atomic E-state index is -2.02. The number of aliphatic hydroxyl groups is 1. The maximum Gasteiger partial charge on any atom is 0.312 e. The molecule has 15 nitrogen and oxygen atoms in total. The maximum atomic E-state index is 14.8. The molecule has 0 aliphatic carbocycles. The molecule has 0 radical (unpaired) electrons. The average molecular weight is 927 g/mol. The van der Waals surface area contributed by atoms with E-state index in [2.05, 4.69) is 40.2 Å². The zero-order valence-corrected chi connectivity index (χ0v) is 41.5. The lowest BCUT2D eigenvalue weighted by atomic mass is 9.73. The first kappa shape index (κ1) is 50.6. The summed E-state index contributed by atoms with van der Waals surface area (Å²) in [5.74, 6) is -5.45. The first-order valence-electron chi connectivity index (χ1n) is 22.9. The molecule has 3 N–H and O–H groups in total. The number of allylic oxidation sites excluding steroid dienone is 2. The van der Waals surface area contributed by atoms with E-state index in [1.807, 2.05) is 34.6 Å². The number of carbonyl (C=O) groups is 3. The molecule has 0 unspecified atom stereocenters. The third-order valence-corrected chi connectivity index (χ3v) is 14.6. The van der Waals surface area contributed by atoms with Crippen LogP contribution >= 0.6 is 0 Å². The highest BCUT2D eigenvalue weighted by molar-refractivity contribution is 6.26. The Bertz CT molecular complexity index is 2750. The molecule has 1 amide bonds. The normalized spacial score (nSPS) is 28.4. The summed E-state index contributed by atoms with van der Waals surface area (Å²) in [6.45, 7) is 23.1. The van der Waals surface area contributed by atoms with Gasteiger partial charge in [-0.15, -0.1) is 0 Å². The number of phenols is 1. The zero-order chi connectivity index (χ0) is 49.7. The van der Waals surface area contributed by atoms with Crippen molar-refractivity contribution >= 4 is 56.3 Å². The summed E-state index contributed by atoms with van der Waals surface area (Å²) in [7, 11) is 5.78. The zero-order valence-electron chi connectivity index (χ0n) is 41.5. The predicted molar refractivity (Wildman–Crippen MR) is 257 cm³/mol. The van der Waals surface area contributed by atoms with Crippen LogP contribution in [0.5, 0.6) is 17.2 Å². The Labute approximate surface area is 392 Å². The van der Waals surface area contributed by atoms with Gasteiger partial charge in [0.05, 0.1) is 49.1 Å². The summed E-state index contributed by atoms with van der Waals surface area (Å²) in [5, 5.41) is 26.1. The number of nitrogens with zero attached hydrogens (tertiary/aromatic N) is 2. The number of methoxy groups -OCH3 is 1. The standard InChI is InChI=1S/C52H67N3O12/c1-26-17-16-18-27(2)50(61)54-42-45(59)39-38(41-48(42)66-37-20-19-34(25-35(37)53-41)63-24-22-55(13,14)51(9,10)11)40-47(32(7)44(39)58)67-52(12,49(40)60)64-23-21-36(62-15)31(6)46(65-33(8)56)30(5)28(3)29(4)43(26)57/h16-21,23,25-26,28-31,36,43,46,57H,22,24H2,1-15H3,(H-,53,54,58,59,60,61)/p+1/b17-16+,23-21+,27-18-/t26-,28+,29-,30+,31+,36-,43-,46-,52-/m0/s1. The van der Waals surface area contributed by atoms with E-state index in [1.54, 1.807) is 49.4 Å². The van der Waals surface area contributed by atoms with Gasteiger partial charge in [-0.2, -0.15) is 0 Å². The second-order valence-electron chi connectivity index (χ2n) is 20.2. The van der Waals surface area contributed by atoms with Gasteiger partial charge in [0.15, 0.2) is 22.3 Å². The number of aromatic hydroxyl groups is 1. The number of hydrogen-bond donors (Lipinski definition) is 3. The van der Waals surface area contributed by atoms with Crippen molar-refractivity contribution < 1.29 is 57.2 Å². The van der Waals surface area contributed by atoms with E-state index >= 15 is 0 Å². The first-order valence-corrected chi connectivity index (χ1v) is 22.9. The van der Waals surface area contributed by atoms with Crippen LogP contribution in [-0.4, -0.2) is 101 Å². The number of aliphatic hydroxyl groups excluding tert-OH is 1. The summed E-state index contributed by atoms with van der Waals surface area (Å²) >= 11 is 0. The number of anilines is 1. The number of hydrogen-bond acceptors (Lipinski definition) is 13. The molecule has 0 saturated carbocycles. The van der Waals surface area contributed by atoms with Crippen molar-refractivity contribution in [2.75, 3.05) is 39.7 Å². The monoisotopic (exact) mass is 926 g/mol. The number of quaternary nitrogens is 1. The summed E-state index contributed by atoms with van der Waals surface area (Å²) in [6, 6.07) is 5.08. The number of aromatic nitrogens is 1. The number of esters is 1. The summed E-state index contributed by atoms with van der Waals surface area (Å²) < 4.78 is 37.6. The third kappa shape index (κ3) is 9.68. The van der Waals surface area contributed by atoms with Crippen LogP contribution in [0, 0.1) is 36.5 Å².